The molecule has 0 aliphatic carbocycles. The van der Waals surface area contributed by atoms with E-state index in [0.29, 0.717) is 0 Å². The quantitative estimate of drug-likeness (QED) is 0.748. The molecule has 0 saturated heterocycles. The molecule has 0 amide bonds. The minimum Gasteiger partial charge on any atom is -0.497 e. The van der Waals surface area contributed by atoms with Gasteiger partial charge in [-0.1, -0.05) is 17.7 Å². The van der Waals surface area contributed by atoms with Crippen LogP contribution in [-0.4, -0.2) is 23.2 Å². The van der Waals surface area contributed by atoms with Crippen LogP contribution in [-0.2, 0) is 11.2 Å². The van der Waals surface area contributed by atoms with Gasteiger partial charge in [0.2, 0.25) is 0 Å². The first-order chi connectivity index (χ1) is 11.4. The van der Waals surface area contributed by atoms with E-state index in [0.717, 1.165) is 50.2 Å². The number of H-pyrrole nitrogens is 1. The van der Waals surface area contributed by atoms with Gasteiger partial charge in [0.25, 0.3) is 0 Å². The van der Waals surface area contributed by atoms with E-state index in [1.807, 2.05) is 32.9 Å². The molecular formula is C20H21NO3. The second kappa shape index (κ2) is 6.04. The van der Waals surface area contributed by atoms with Gasteiger partial charge in [0.15, 0.2) is 0 Å². The van der Waals surface area contributed by atoms with Gasteiger partial charge in [-0.05, 0) is 55.7 Å². The topological polar surface area (TPSA) is 62.3 Å². The number of aryl methyl sites for hydroxylation is 3. The van der Waals surface area contributed by atoms with Crippen LogP contribution < -0.4 is 4.74 Å². The van der Waals surface area contributed by atoms with Crippen LogP contribution in [0.3, 0.4) is 0 Å². The van der Waals surface area contributed by atoms with Crippen LogP contribution >= 0.6 is 0 Å². The summed E-state index contributed by atoms with van der Waals surface area (Å²) in [5.74, 6) is -0.110. The van der Waals surface area contributed by atoms with Crippen LogP contribution in [0.25, 0.3) is 22.2 Å². The summed E-state index contributed by atoms with van der Waals surface area (Å²) < 4.78 is 5.36. The molecule has 2 aromatic carbocycles. The number of carboxylic acid groups (broad SMARTS) is 1. The van der Waals surface area contributed by atoms with Crippen LogP contribution in [0.1, 0.15) is 22.3 Å². The lowest BCUT2D eigenvalue weighted by molar-refractivity contribution is -0.136. The highest BCUT2D eigenvalue weighted by Crippen LogP contribution is 2.36. The maximum Gasteiger partial charge on any atom is 0.307 e. The van der Waals surface area contributed by atoms with Crippen molar-refractivity contribution in [1.29, 1.82) is 0 Å². The number of carbonyl (C=O) groups is 1. The molecule has 0 bridgehead atoms. The van der Waals surface area contributed by atoms with Gasteiger partial charge >= 0.3 is 5.97 Å². The average molecular weight is 323 g/mol. The molecule has 124 valence electrons. The van der Waals surface area contributed by atoms with Crippen molar-refractivity contribution in [3.8, 4) is 17.0 Å². The molecule has 3 aromatic rings. The molecule has 0 unspecified atom stereocenters. The zero-order valence-corrected chi connectivity index (χ0v) is 14.4. The predicted molar refractivity (Wildman–Crippen MR) is 95.8 cm³/mol. The monoisotopic (exact) mass is 323 g/mol. The number of benzene rings is 2. The number of rotatable bonds is 4. The summed E-state index contributed by atoms with van der Waals surface area (Å²) in [6.07, 6.45) is -0.0324. The molecule has 1 heterocycles. The Kier molecular flexibility index (Phi) is 4.06. The van der Waals surface area contributed by atoms with Gasteiger partial charge in [-0.15, -0.1) is 0 Å². The number of methoxy groups -OCH3 is 1. The zero-order chi connectivity index (χ0) is 17.4. The Morgan fingerprint density at radius 2 is 1.88 bits per heavy atom. The number of aromatic nitrogens is 1. The van der Waals surface area contributed by atoms with Crippen molar-refractivity contribution >= 4 is 16.9 Å². The summed E-state index contributed by atoms with van der Waals surface area (Å²) >= 11 is 0. The van der Waals surface area contributed by atoms with Gasteiger partial charge in [-0.3, -0.25) is 4.79 Å². The lowest BCUT2D eigenvalue weighted by Gasteiger charge is -2.08. The van der Waals surface area contributed by atoms with Crippen molar-refractivity contribution < 1.29 is 14.6 Å². The van der Waals surface area contributed by atoms with Gasteiger partial charge in [0.05, 0.1) is 19.2 Å². The van der Waals surface area contributed by atoms with E-state index in [1.165, 1.54) is 0 Å². The molecule has 0 atom stereocenters. The number of nitrogens with one attached hydrogen (secondary N) is 1. The van der Waals surface area contributed by atoms with E-state index in [1.54, 1.807) is 7.11 Å². The largest absolute Gasteiger partial charge is 0.497 e. The second-order valence-corrected chi connectivity index (χ2v) is 6.23. The summed E-state index contributed by atoms with van der Waals surface area (Å²) in [6, 6.07) is 10.1. The highest BCUT2D eigenvalue weighted by Gasteiger charge is 2.19. The number of aromatic amines is 1. The Morgan fingerprint density at radius 1 is 1.12 bits per heavy atom. The fraction of sp³-hybridized carbons (Fsp3) is 0.250. The molecule has 4 heteroatoms. The molecule has 2 N–H and O–H groups in total. The first-order valence-corrected chi connectivity index (χ1v) is 7.89. The molecule has 4 nitrogen and oxygen atoms in total. The van der Waals surface area contributed by atoms with Gasteiger partial charge in [0, 0.05) is 16.5 Å². The Hall–Kier alpha value is -2.75. The van der Waals surface area contributed by atoms with E-state index < -0.39 is 5.97 Å². The number of fused-ring (bicyclic) bond motifs is 1. The predicted octanol–water partition coefficient (Wildman–Crippen LogP) is 4.40. The Balaban J connectivity index is 2.36. The molecule has 0 radical (unpaired) electrons. The van der Waals surface area contributed by atoms with Crippen molar-refractivity contribution in [2.24, 2.45) is 0 Å². The molecule has 0 aliphatic rings. The lowest BCUT2D eigenvalue weighted by Crippen LogP contribution is -2.01. The maximum absolute atomic E-state index is 11.4. The van der Waals surface area contributed by atoms with Crippen LogP contribution in [0.5, 0.6) is 5.75 Å². The van der Waals surface area contributed by atoms with Crippen molar-refractivity contribution in [1.82, 2.24) is 4.98 Å². The van der Waals surface area contributed by atoms with E-state index in [2.05, 4.69) is 23.2 Å². The van der Waals surface area contributed by atoms with Crippen molar-refractivity contribution in [2.45, 2.75) is 27.2 Å². The minimum absolute atomic E-state index is 0.0324. The Morgan fingerprint density at radius 3 is 2.54 bits per heavy atom. The fourth-order valence-electron chi connectivity index (χ4n) is 3.18. The van der Waals surface area contributed by atoms with E-state index in [4.69, 9.17) is 4.74 Å². The molecule has 0 aliphatic heterocycles. The molecular weight excluding hydrogens is 302 g/mol. The SMILES string of the molecule is COc1cc(C)c2[nH]c(-c3cc(C)ccc3C)c(CC(=O)O)c2c1. The zero-order valence-electron chi connectivity index (χ0n) is 14.4. The molecule has 0 spiro atoms. The lowest BCUT2D eigenvalue weighted by atomic mass is 9.97. The van der Waals surface area contributed by atoms with Crippen LogP contribution in [0.2, 0.25) is 0 Å². The van der Waals surface area contributed by atoms with E-state index >= 15 is 0 Å². The fourth-order valence-corrected chi connectivity index (χ4v) is 3.18. The van der Waals surface area contributed by atoms with Gasteiger partial charge in [-0.25, -0.2) is 0 Å². The highest BCUT2D eigenvalue weighted by atomic mass is 16.5. The number of aliphatic carboxylic acids is 1. The van der Waals surface area contributed by atoms with Crippen LogP contribution in [0.4, 0.5) is 0 Å². The summed E-state index contributed by atoms with van der Waals surface area (Å²) in [7, 11) is 1.62. The van der Waals surface area contributed by atoms with Crippen molar-refractivity contribution in [3.05, 3.63) is 52.6 Å². The molecule has 0 fully saturated rings. The summed E-state index contributed by atoms with van der Waals surface area (Å²) in [5, 5.41) is 10.3. The first kappa shape index (κ1) is 16.1. The molecule has 24 heavy (non-hydrogen) atoms. The van der Waals surface area contributed by atoms with Crippen molar-refractivity contribution in [3.63, 3.8) is 0 Å². The summed E-state index contributed by atoms with van der Waals surface area (Å²) in [4.78, 5) is 14.9. The smallest absolute Gasteiger partial charge is 0.307 e. The Labute approximate surface area is 141 Å². The normalized spacial score (nSPS) is 11.0. The standard InChI is InChI=1S/C20H21NO3/c1-11-5-6-12(2)15(7-11)20-17(10-18(22)23)16-9-14(24-4)8-13(3)19(16)21-20/h5-9,21H,10H2,1-4H3,(H,22,23). The van der Waals surface area contributed by atoms with Crippen LogP contribution in [0.15, 0.2) is 30.3 Å². The maximum atomic E-state index is 11.4. The molecule has 3 rings (SSSR count). The van der Waals surface area contributed by atoms with Crippen molar-refractivity contribution in [2.75, 3.05) is 7.11 Å². The first-order valence-electron chi connectivity index (χ1n) is 7.89. The third-order valence-corrected chi connectivity index (χ3v) is 4.41. The third-order valence-electron chi connectivity index (χ3n) is 4.41. The number of hydrogen-bond acceptors (Lipinski definition) is 2. The van der Waals surface area contributed by atoms with E-state index in [-0.39, 0.29) is 6.42 Å². The van der Waals surface area contributed by atoms with Crippen LogP contribution in [0, 0.1) is 20.8 Å². The molecule has 0 saturated carbocycles. The Bertz CT molecular complexity index is 938. The van der Waals surface area contributed by atoms with E-state index in [9.17, 15) is 9.90 Å². The highest BCUT2D eigenvalue weighted by molar-refractivity contribution is 5.96. The minimum atomic E-state index is -0.845. The average Bonchev–Trinajstić information content (AvgIpc) is 2.88. The summed E-state index contributed by atoms with van der Waals surface area (Å²) in [6.45, 7) is 6.08. The summed E-state index contributed by atoms with van der Waals surface area (Å²) in [5.41, 5.74) is 6.97. The number of ether oxygens (including phenoxy) is 1. The van der Waals surface area contributed by atoms with Gasteiger partial charge < -0.3 is 14.8 Å². The van der Waals surface area contributed by atoms with Gasteiger partial charge in [-0.2, -0.15) is 0 Å². The third kappa shape index (κ3) is 2.75. The second-order valence-electron chi connectivity index (χ2n) is 6.23. The van der Waals surface area contributed by atoms with Gasteiger partial charge in [0.1, 0.15) is 5.75 Å². The number of carboxylic acids is 1. The molecule has 1 aromatic heterocycles. The number of hydrogen-bond donors (Lipinski definition) is 2.